The SMILES string of the molecule is CCOC(=O)c1cc2c(CCc3ccc(Cl)cc3Cl)nc(N3CCC(CCN4CCCC4)CC3)nc2s1. The van der Waals surface area contributed by atoms with Crippen LogP contribution >= 0.6 is 34.5 Å². The van der Waals surface area contributed by atoms with Crippen molar-refractivity contribution in [1.82, 2.24) is 14.9 Å². The van der Waals surface area contributed by atoms with Crippen molar-refractivity contribution in [2.24, 2.45) is 5.92 Å². The first-order valence-electron chi connectivity index (χ1n) is 13.4. The molecule has 198 valence electrons. The molecule has 2 fully saturated rings. The Hall–Kier alpha value is -1.93. The fourth-order valence-corrected chi connectivity index (χ4v) is 6.82. The van der Waals surface area contributed by atoms with E-state index in [1.165, 1.54) is 63.1 Å². The van der Waals surface area contributed by atoms with E-state index in [0.717, 1.165) is 52.9 Å². The van der Waals surface area contributed by atoms with Crippen molar-refractivity contribution in [1.29, 1.82) is 0 Å². The quantitative estimate of drug-likeness (QED) is 0.272. The van der Waals surface area contributed by atoms with Crippen molar-refractivity contribution in [3.05, 3.63) is 50.4 Å². The smallest absolute Gasteiger partial charge is 0.348 e. The highest BCUT2D eigenvalue weighted by Crippen LogP contribution is 2.32. The number of esters is 1. The Kier molecular flexibility index (Phi) is 8.86. The summed E-state index contributed by atoms with van der Waals surface area (Å²) in [5, 5.41) is 2.20. The Labute approximate surface area is 232 Å². The summed E-state index contributed by atoms with van der Waals surface area (Å²) in [4.78, 5) is 28.7. The molecule has 37 heavy (non-hydrogen) atoms. The van der Waals surface area contributed by atoms with Crippen LogP contribution in [0.4, 0.5) is 5.95 Å². The van der Waals surface area contributed by atoms with Crippen LogP contribution in [0.25, 0.3) is 10.2 Å². The lowest BCUT2D eigenvalue weighted by atomic mass is 9.93. The molecule has 9 heteroatoms. The van der Waals surface area contributed by atoms with Crippen LogP contribution in [0, 0.1) is 5.92 Å². The molecule has 5 rings (SSSR count). The second kappa shape index (κ2) is 12.3. The number of rotatable bonds is 9. The number of aryl methyl sites for hydroxylation is 2. The number of ether oxygens (including phenoxy) is 1. The van der Waals surface area contributed by atoms with Gasteiger partial charge in [-0.1, -0.05) is 29.3 Å². The third kappa shape index (κ3) is 6.56. The van der Waals surface area contributed by atoms with Gasteiger partial charge < -0.3 is 14.5 Å². The summed E-state index contributed by atoms with van der Waals surface area (Å²) >= 11 is 13.9. The lowest BCUT2D eigenvalue weighted by molar-refractivity contribution is 0.0532. The number of hydrogen-bond donors (Lipinski definition) is 0. The number of thiophene rings is 1. The van der Waals surface area contributed by atoms with Crippen molar-refractivity contribution >= 4 is 56.7 Å². The number of likely N-dealkylation sites (tertiary alicyclic amines) is 1. The van der Waals surface area contributed by atoms with Gasteiger partial charge in [-0.2, -0.15) is 0 Å². The number of nitrogens with zero attached hydrogens (tertiary/aromatic N) is 4. The van der Waals surface area contributed by atoms with Gasteiger partial charge in [0.25, 0.3) is 0 Å². The van der Waals surface area contributed by atoms with Crippen LogP contribution in [0.15, 0.2) is 24.3 Å². The minimum absolute atomic E-state index is 0.308. The first kappa shape index (κ1) is 26.7. The second-order valence-corrected chi connectivity index (χ2v) is 11.9. The molecule has 0 atom stereocenters. The topological polar surface area (TPSA) is 58.6 Å². The molecule has 0 spiro atoms. The van der Waals surface area contributed by atoms with E-state index in [-0.39, 0.29) is 5.97 Å². The summed E-state index contributed by atoms with van der Waals surface area (Å²) in [5.41, 5.74) is 1.97. The molecule has 2 saturated heterocycles. The van der Waals surface area contributed by atoms with Gasteiger partial charge in [0, 0.05) is 28.5 Å². The maximum atomic E-state index is 12.5. The summed E-state index contributed by atoms with van der Waals surface area (Å²) in [5.74, 6) is 1.22. The van der Waals surface area contributed by atoms with E-state index in [1.807, 2.05) is 25.1 Å². The predicted molar refractivity (Wildman–Crippen MR) is 152 cm³/mol. The average Bonchev–Trinajstić information content (AvgIpc) is 3.57. The van der Waals surface area contributed by atoms with Crippen LogP contribution in [0.1, 0.15) is 60.0 Å². The molecule has 0 N–H and O–H groups in total. The van der Waals surface area contributed by atoms with Gasteiger partial charge in [0.2, 0.25) is 5.95 Å². The summed E-state index contributed by atoms with van der Waals surface area (Å²) in [6.45, 7) is 7.87. The van der Waals surface area contributed by atoms with Crippen LogP contribution < -0.4 is 4.90 Å². The van der Waals surface area contributed by atoms with Crippen molar-refractivity contribution in [2.75, 3.05) is 44.2 Å². The van der Waals surface area contributed by atoms with E-state index >= 15 is 0 Å². The summed E-state index contributed by atoms with van der Waals surface area (Å²) in [6.07, 6.45) is 7.75. The van der Waals surface area contributed by atoms with Crippen molar-refractivity contribution < 1.29 is 9.53 Å². The first-order valence-corrected chi connectivity index (χ1v) is 15.0. The number of benzene rings is 1. The molecule has 2 aliphatic heterocycles. The predicted octanol–water partition coefficient (Wildman–Crippen LogP) is 6.66. The maximum Gasteiger partial charge on any atom is 0.348 e. The third-order valence-corrected chi connectivity index (χ3v) is 9.13. The number of piperidine rings is 1. The number of carbonyl (C=O) groups is 1. The fraction of sp³-hybridized carbons (Fsp3) is 0.536. The minimum atomic E-state index is -0.308. The normalized spacial score (nSPS) is 17.1. The zero-order valence-electron chi connectivity index (χ0n) is 21.3. The van der Waals surface area contributed by atoms with Crippen molar-refractivity contribution in [3.63, 3.8) is 0 Å². The lowest BCUT2D eigenvalue weighted by Gasteiger charge is -2.33. The van der Waals surface area contributed by atoms with E-state index in [1.54, 1.807) is 6.07 Å². The molecular formula is C28H34Cl2N4O2S. The third-order valence-electron chi connectivity index (χ3n) is 7.53. The highest BCUT2D eigenvalue weighted by Gasteiger charge is 2.24. The van der Waals surface area contributed by atoms with E-state index < -0.39 is 0 Å². The molecule has 6 nitrogen and oxygen atoms in total. The zero-order chi connectivity index (χ0) is 25.8. The van der Waals surface area contributed by atoms with Crippen LogP contribution in [-0.4, -0.2) is 60.2 Å². The standard InChI is InChI=1S/C28H34Cl2N4O2S/c1-2-36-27(35)25-18-22-24(8-6-20-5-7-21(29)17-23(20)30)31-28(32-26(22)37-25)34-15-10-19(11-16-34)9-14-33-12-3-4-13-33/h5,7,17-19H,2-4,6,8-16H2,1H3. The van der Waals surface area contributed by atoms with Crippen molar-refractivity contribution in [3.8, 4) is 0 Å². The van der Waals surface area contributed by atoms with Crippen LogP contribution in [0.2, 0.25) is 10.0 Å². The van der Waals surface area contributed by atoms with Crippen LogP contribution in [0.3, 0.4) is 0 Å². The Morgan fingerprint density at radius 2 is 1.86 bits per heavy atom. The largest absolute Gasteiger partial charge is 0.462 e. The lowest BCUT2D eigenvalue weighted by Crippen LogP contribution is -2.36. The molecule has 1 aromatic carbocycles. The molecule has 0 aliphatic carbocycles. The van der Waals surface area contributed by atoms with Gasteiger partial charge in [-0.3, -0.25) is 0 Å². The summed E-state index contributed by atoms with van der Waals surface area (Å²) in [6, 6.07) is 7.48. The van der Waals surface area contributed by atoms with E-state index in [9.17, 15) is 4.79 Å². The van der Waals surface area contributed by atoms with Gasteiger partial charge in [0.05, 0.1) is 12.3 Å². The summed E-state index contributed by atoms with van der Waals surface area (Å²) in [7, 11) is 0. The molecule has 0 radical (unpaired) electrons. The number of carbonyl (C=O) groups excluding carboxylic acids is 1. The minimum Gasteiger partial charge on any atom is -0.462 e. The molecule has 3 aromatic rings. The molecule has 2 aliphatic rings. The number of anilines is 1. The Morgan fingerprint density at radius 1 is 1.08 bits per heavy atom. The van der Waals surface area contributed by atoms with Gasteiger partial charge in [0.1, 0.15) is 9.71 Å². The zero-order valence-corrected chi connectivity index (χ0v) is 23.7. The Balaban J connectivity index is 1.33. The monoisotopic (exact) mass is 560 g/mol. The number of halogens is 2. The number of aromatic nitrogens is 2. The molecule has 0 amide bonds. The van der Waals surface area contributed by atoms with Gasteiger partial charge in [-0.05, 0) is 101 Å². The average molecular weight is 562 g/mol. The van der Waals surface area contributed by atoms with Gasteiger partial charge in [-0.15, -0.1) is 11.3 Å². The molecular weight excluding hydrogens is 527 g/mol. The molecule has 4 heterocycles. The number of fused-ring (bicyclic) bond motifs is 1. The molecule has 0 unspecified atom stereocenters. The molecule has 0 saturated carbocycles. The van der Waals surface area contributed by atoms with E-state index in [4.69, 9.17) is 37.9 Å². The van der Waals surface area contributed by atoms with E-state index in [2.05, 4.69) is 9.80 Å². The van der Waals surface area contributed by atoms with Gasteiger partial charge >= 0.3 is 5.97 Å². The molecule has 0 bridgehead atoms. The maximum absolute atomic E-state index is 12.5. The van der Waals surface area contributed by atoms with Crippen LogP contribution in [0.5, 0.6) is 0 Å². The highest BCUT2D eigenvalue weighted by molar-refractivity contribution is 7.20. The second-order valence-electron chi connectivity index (χ2n) is 10.0. The summed E-state index contributed by atoms with van der Waals surface area (Å²) < 4.78 is 5.25. The fourth-order valence-electron chi connectivity index (χ4n) is 5.37. The first-order chi connectivity index (χ1) is 18.0. The highest BCUT2D eigenvalue weighted by atomic mass is 35.5. The van der Waals surface area contributed by atoms with Gasteiger partial charge in [0.15, 0.2) is 0 Å². The van der Waals surface area contributed by atoms with Crippen molar-refractivity contribution in [2.45, 2.75) is 51.9 Å². The van der Waals surface area contributed by atoms with Crippen LogP contribution in [-0.2, 0) is 17.6 Å². The van der Waals surface area contributed by atoms with E-state index in [0.29, 0.717) is 28.0 Å². The Bertz CT molecular complexity index is 1240. The van der Waals surface area contributed by atoms with Gasteiger partial charge in [-0.25, -0.2) is 14.8 Å². The Morgan fingerprint density at radius 3 is 2.59 bits per heavy atom. The molecule has 2 aromatic heterocycles. The number of hydrogen-bond acceptors (Lipinski definition) is 7.